The second-order valence-corrected chi connectivity index (χ2v) is 5.47. The van der Waals surface area contributed by atoms with Gasteiger partial charge in [0.05, 0.1) is 0 Å². The van der Waals surface area contributed by atoms with Gasteiger partial charge >= 0.3 is 0 Å². The molecule has 5 heteroatoms. The van der Waals surface area contributed by atoms with Crippen molar-refractivity contribution < 1.29 is 0 Å². The molecule has 1 aromatic rings. The number of rotatable bonds is 2. The van der Waals surface area contributed by atoms with Crippen molar-refractivity contribution in [1.82, 2.24) is 9.29 Å². The van der Waals surface area contributed by atoms with Crippen LogP contribution in [0.25, 0.3) is 0 Å². The van der Waals surface area contributed by atoms with E-state index < -0.39 is 0 Å². The summed E-state index contributed by atoms with van der Waals surface area (Å²) in [5.74, 6) is 0. The molecule has 2 heterocycles. The molecule has 0 amide bonds. The first-order valence-corrected chi connectivity index (χ1v) is 6.53. The lowest BCUT2D eigenvalue weighted by Crippen LogP contribution is -2.22. The van der Waals surface area contributed by atoms with E-state index in [1.807, 2.05) is 12.1 Å². The van der Waals surface area contributed by atoms with Gasteiger partial charge in [0.2, 0.25) is 0 Å². The standard InChI is InChI=1S/C10H12Cl2N2S/c11-9-6-8(7-10(12)13-9)15-14-4-2-1-3-5-14/h6-7H,1-5H2. The molecule has 1 saturated heterocycles. The second-order valence-electron chi connectivity index (χ2n) is 3.53. The Labute approximate surface area is 104 Å². The van der Waals surface area contributed by atoms with Crippen molar-refractivity contribution in [2.75, 3.05) is 13.1 Å². The molecule has 0 atom stereocenters. The SMILES string of the molecule is Clc1cc(SN2CCCCC2)cc(Cl)n1. The summed E-state index contributed by atoms with van der Waals surface area (Å²) >= 11 is 13.4. The quantitative estimate of drug-likeness (QED) is 0.595. The van der Waals surface area contributed by atoms with Gasteiger partial charge in [-0.3, -0.25) is 0 Å². The van der Waals surface area contributed by atoms with Gasteiger partial charge in [-0.05, 0) is 36.9 Å². The van der Waals surface area contributed by atoms with E-state index in [-0.39, 0.29) is 0 Å². The summed E-state index contributed by atoms with van der Waals surface area (Å²) in [4.78, 5) is 5.00. The molecule has 1 fully saturated rings. The van der Waals surface area contributed by atoms with Crippen LogP contribution in [0.1, 0.15) is 19.3 Å². The number of nitrogens with zero attached hydrogens (tertiary/aromatic N) is 2. The largest absolute Gasteiger partial charge is 0.246 e. The van der Waals surface area contributed by atoms with Gasteiger partial charge in [0.15, 0.2) is 0 Å². The first-order chi connectivity index (χ1) is 7.24. The average Bonchev–Trinajstić information content (AvgIpc) is 2.17. The van der Waals surface area contributed by atoms with Gasteiger partial charge in [0, 0.05) is 18.0 Å². The number of hydrogen-bond acceptors (Lipinski definition) is 3. The summed E-state index contributed by atoms with van der Waals surface area (Å²) in [6.07, 6.45) is 3.90. The fraction of sp³-hybridized carbons (Fsp3) is 0.500. The fourth-order valence-corrected chi connectivity index (χ4v) is 3.26. The number of aromatic nitrogens is 1. The van der Waals surface area contributed by atoms with Crippen LogP contribution < -0.4 is 0 Å². The van der Waals surface area contributed by atoms with Crippen molar-refractivity contribution in [2.45, 2.75) is 24.2 Å². The first kappa shape index (κ1) is 11.5. The van der Waals surface area contributed by atoms with E-state index in [1.54, 1.807) is 11.9 Å². The molecule has 0 spiro atoms. The van der Waals surface area contributed by atoms with Gasteiger partial charge in [0.25, 0.3) is 0 Å². The van der Waals surface area contributed by atoms with Gasteiger partial charge < -0.3 is 0 Å². The minimum atomic E-state index is 0.460. The Bertz CT molecular complexity index is 320. The van der Waals surface area contributed by atoms with Crippen LogP contribution in [-0.2, 0) is 0 Å². The van der Waals surface area contributed by atoms with Crippen LogP contribution in [0, 0.1) is 0 Å². The summed E-state index contributed by atoms with van der Waals surface area (Å²) < 4.78 is 2.35. The van der Waals surface area contributed by atoms with Crippen LogP contribution in [0.15, 0.2) is 17.0 Å². The van der Waals surface area contributed by atoms with E-state index in [4.69, 9.17) is 23.2 Å². The summed E-state index contributed by atoms with van der Waals surface area (Å²) in [7, 11) is 0. The van der Waals surface area contributed by atoms with Crippen molar-refractivity contribution in [3.05, 3.63) is 22.4 Å². The molecule has 2 nitrogen and oxygen atoms in total. The highest BCUT2D eigenvalue weighted by Gasteiger charge is 2.12. The van der Waals surface area contributed by atoms with Crippen LogP contribution in [0.4, 0.5) is 0 Å². The average molecular weight is 263 g/mol. The third kappa shape index (κ3) is 3.52. The van der Waals surface area contributed by atoms with Crippen LogP contribution in [0.2, 0.25) is 10.3 Å². The van der Waals surface area contributed by atoms with E-state index in [0.29, 0.717) is 10.3 Å². The van der Waals surface area contributed by atoms with Crippen molar-refractivity contribution in [3.8, 4) is 0 Å². The summed E-state index contributed by atoms with van der Waals surface area (Å²) in [5.41, 5.74) is 0. The normalized spacial score (nSPS) is 18.0. The molecular weight excluding hydrogens is 251 g/mol. The Kier molecular flexibility index (Phi) is 4.14. The Balaban J connectivity index is 2.02. The van der Waals surface area contributed by atoms with Crippen LogP contribution in [0.5, 0.6) is 0 Å². The van der Waals surface area contributed by atoms with Gasteiger partial charge in [-0.2, -0.15) is 0 Å². The third-order valence-corrected chi connectivity index (χ3v) is 3.74. The van der Waals surface area contributed by atoms with E-state index in [1.165, 1.54) is 19.3 Å². The highest BCUT2D eigenvalue weighted by molar-refractivity contribution is 7.97. The molecule has 0 saturated carbocycles. The second kappa shape index (κ2) is 5.39. The van der Waals surface area contributed by atoms with E-state index in [2.05, 4.69) is 9.29 Å². The van der Waals surface area contributed by atoms with Crippen molar-refractivity contribution >= 4 is 35.1 Å². The van der Waals surface area contributed by atoms with E-state index in [0.717, 1.165) is 18.0 Å². The predicted molar refractivity (Wildman–Crippen MR) is 65.5 cm³/mol. The Morgan fingerprint density at radius 3 is 2.27 bits per heavy atom. The maximum absolute atomic E-state index is 5.84. The smallest absolute Gasteiger partial charge is 0.131 e. The predicted octanol–water partition coefficient (Wildman–Crippen LogP) is 3.88. The molecule has 15 heavy (non-hydrogen) atoms. The minimum absolute atomic E-state index is 0.460. The Morgan fingerprint density at radius 2 is 1.67 bits per heavy atom. The first-order valence-electron chi connectivity index (χ1n) is 5.00. The molecule has 0 unspecified atom stereocenters. The lowest BCUT2D eigenvalue weighted by atomic mass is 10.2. The zero-order chi connectivity index (χ0) is 10.7. The third-order valence-electron chi connectivity index (χ3n) is 2.29. The number of hydrogen-bond donors (Lipinski definition) is 0. The zero-order valence-corrected chi connectivity index (χ0v) is 10.6. The molecule has 1 aliphatic rings. The van der Waals surface area contributed by atoms with Crippen LogP contribution >= 0.6 is 35.1 Å². The van der Waals surface area contributed by atoms with E-state index in [9.17, 15) is 0 Å². The van der Waals surface area contributed by atoms with Gasteiger partial charge in [0.1, 0.15) is 10.3 Å². The highest BCUT2D eigenvalue weighted by Crippen LogP contribution is 2.29. The Morgan fingerprint density at radius 1 is 1.07 bits per heavy atom. The fourth-order valence-electron chi connectivity index (χ4n) is 1.60. The van der Waals surface area contributed by atoms with E-state index >= 15 is 0 Å². The number of piperidine rings is 1. The molecule has 1 aromatic heterocycles. The molecule has 0 bridgehead atoms. The highest BCUT2D eigenvalue weighted by atomic mass is 35.5. The molecule has 0 aromatic carbocycles. The van der Waals surface area contributed by atoms with Gasteiger partial charge in [-0.15, -0.1) is 0 Å². The molecule has 82 valence electrons. The Hall–Kier alpha value is 0.0400. The monoisotopic (exact) mass is 262 g/mol. The zero-order valence-electron chi connectivity index (χ0n) is 8.25. The summed E-state index contributed by atoms with van der Waals surface area (Å²) in [5, 5.41) is 0.920. The lowest BCUT2D eigenvalue weighted by molar-refractivity contribution is 0.380. The molecule has 1 aliphatic heterocycles. The lowest BCUT2D eigenvalue weighted by Gasteiger charge is -2.24. The van der Waals surface area contributed by atoms with Crippen LogP contribution in [-0.4, -0.2) is 22.4 Å². The van der Waals surface area contributed by atoms with Gasteiger partial charge in [-0.25, -0.2) is 9.29 Å². The van der Waals surface area contributed by atoms with Crippen molar-refractivity contribution in [1.29, 1.82) is 0 Å². The topological polar surface area (TPSA) is 16.1 Å². The maximum Gasteiger partial charge on any atom is 0.131 e. The van der Waals surface area contributed by atoms with Gasteiger partial charge in [-0.1, -0.05) is 29.6 Å². The summed E-state index contributed by atoms with van der Waals surface area (Å²) in [6, 6.07) is 3.71. The molecule has 0 aliphatic carbocycles. The molecule has 0 radical (unpaired) electrons. The molecular formula is C10H12Cl2N2S. The maximum atomic E-state index is 5.84. The number of pyridine rings is 1. The molecule has 2 rings (SSSR count). The molecule has 0 N–H and O–H groups in total. The van der Waals surface area contributed by atoms with Crippen molar-refractivity contribution in [3.63, 3.8) is 0 Å². The summed E-state index contributed by atoms with van der Waals surface area (Å²) in [6.45, 7) is 2.28. The minimum Gasteiger partial charge on any atom is -0.246 e. The number of halogens is 2. The van der Waals surface area contributed by atoms with Crippen molar-refractivity contribution in [2.24, 2.45) is 0 Å². The van der Waals surface area contributed by atoms with Crippen LogP contribution in [0.3, 0.4) is 0 Å².